The van der Waals surface area contributed by atoms with E-state index in [0.717, 1.165) is 119 Å². The molecule has 6 rings (SSSR count). The van der Waals surface area contributed by atoms with Crippen molar-refractivity contribution in [3.8, 4) is 0 Å². The summed E-state index contributed by atoms with van der Waals surface area (Å²) in [6.45, 7) is 29.9. The summed E-state index contributed by atoms with van der Waals surface area (Å²) < 4.78 is 67.7. The van der Waals surface area contributed by atoms with Gasteiger partial charge in [-0.25, -0.2) is 0 Å². The zero-order chi connectivity index (χ0) is 53.0. The van der Waals surface area contributed by atoms with Gasteiger partial charge in [0.1, 0.15) is 36.6 Å². The van der Waals surface area contributed by atoms with Crippen LogP contribution in [0.1, 0.15) is 228 Å². The van der Waals surface area contributed by atoms with E-state index in [1.54, 1.807) is 7.11 Å². The van der Waals surface area contributed by atoms with Gasteiger partial charge in [-0.3, -0.25) is 0 Å². The lowest BCUT2D eigenvalue weighted by Crippen LogP contribution is -2.14. The molecule has 6 aliphatic rings. The lowest BCUT2D eigenvalue weighted by molar-refractivity contribution is 0.0478. The van der Waals surface area contributed by atoms with Crippen LogP contribution >= 0.6 is 0 Å². The van der Waals surface area contributed by atoms with Crippen molar-refractivity contribution in [2.75, 3.05) is 119 Å². The van der Waals surface area contributed by atoms with Crippen molar-refractivity contribution in [2.24, 2.45) is 0 Å². The van der Waals surface area contributed by atoms with E-state index in [2.05, 4.69) is 48.5 Å². The smallest absolute Gasteiger partial charge is 0.181 e. The Labute approximate surface area is 450 Å². The molecule has 0 aromatic carbocycles. The Morgan fingerprint density at radius 2 is 0.726 bits per heavy atom. The zero-order valence-electron chi connectivity index (χ0n) is 49.1. The topological polar surface area (TPSA) is 140 Å². The molecule has 0 bridgehead atoms. The standard InChI is InChI=1S/C13H26O2.C12H24O3.2C10H20O2.C9H18O2.C6H12O2/c1-3-4-5-6-7-8-9-10-14-11-13(2)12-15-13;1-13-8-6-4-2-3-5-7-9-14-10-12-11-15-12;1-2-3-4-5-6-7-11-8-10-9-12-10;1-2-3-4-5-6-7-8-11-10-9-12-10;1-3-4-5-6-10-7-9-8(2)11-9;1-2-3-7-4-6-5-8-6/h3-12H2,1-2H3;12H,2-11H2,1H3;2*10H,2-9H2,1H3;8-9H,3-7H2,1-2H3;6H,2-5H2,1H3. The van der Waals surface area contributed by atoms with E-state index in [0.29, 0.717) is 30.5 Å². The molecule has 13 heteroatoms. The number of unbranched alkanes of at least 4 members (excludes halogenated alkanes) is 22. The Morgan fingerprint density at radius 3 is 1.08 bits per heavy atom. The van der Waals surface area contributed by atoms with Crippen LogP contribution in [0.5, 0.6) is 0 Å². The lowest BCUT2D eigenvalue weighted by Gasteiger charge is -2.06. The molecule has 0 aliphatic carbocycles. The second-order valence-electron chi connectivity index (χ2n) is 21.1. The molecule has 0 radical (unpaired) electrons. The Hall–Kier alpha value is -0.520. The van der Waals surface area contributed by atoms with Crippen LogP contribution in [0, 0.1) is 0 Å². The number of methoxy groups -OCH3 is 1. The third-order valence-corrected chi connectivity index (χ3v) is 12.8. The molecule has 73 heavy (non-hydrogen) atoms. The van der Waals surface area contributed by atoms with Gasteiger partial charge >= 0.3 is 0 Å². The fraction of sp³-hybridized carbons (Fsp3) is 1.00. The second-order valence-corrected chi connectivity index (χ2v) is 21.1. The first-order chi connectivity index (χ1) is 35.8. The molecule has 438 valence electrons. The average molecular weight is 1050 g/mol. The molecule has 0 aromatic heterocycles. The highest BCUT2D eigenvalue weighted by molar-refractivity contribution is 4.86. The van der Waals surface area contributed by atoms with Crippen LogP contribution in [0.15, 0.2) is 0 Å². The van der Waals surface area contributed by atoms with E-state index in [-0.39, 0.29) is 11.9 Å². The Morgan fingerprint density at radius 1 is 0.397 bits per heavy atom. The molecule has 6 aliphatic heterocycles. The summed E-state index contributed by atoms with van der Waals surface area (Å²) in [6.07, 6.45) is 38.7. The molecule has 0 N–H and O–H groups in total. The van der Waals surface area contributed by atoms with Crippen molar-refractivity contribution in [3.63, 3.8) is 0 Å². The third kappa shape index (κ3) is 59.0. The maximum atomic E-state index is 5.56. The average Bonchev–Trinajstić information content (AvgIpc) is 4.18. The molecule has 13 nitrogen and oxygen atoms in total. The van der Waals surface area contributed by atoms with Gasteiger partial charge in [-0.15, -0.1) is 0 Å². The van der Waals surface area contributed by atoms with Gasteiger partial charge < -0.3 is 61.6 Å². The molecular weight excluding hydrogens is 929 g/mol. The quantitative estimate of drug-likeness (QED) is 0.0422. The molecule has 6 heterocycles. The minimum Gasteiger partial charge on any atom is -0.385 e. The van der Waals surface area contributed by atoms with E-state index in [1.807, 2.05) is 0 Å². The van der Waals surface area contributed by atoms with Crippen molar-refractivity contribution in [3.05, 3.63) is 0 Å². The summed E-state index contributed by atoms with van der Waals surface area (Å²) in [5, 5.41) is 0. The van der Waals surface area contributed by atoms with Gasteiger partial charge in [0.2, 0.25) is 0 Å². The molecule has 6 saturated heterocycles. The normalized spacial score (nSPS) is 23.2. The molecule has 0 saturated carbocycles. The molecular formula is C60H120O13. The Bertz CT molecular complexity index is 1040. The molecule has 7 atom stereocenters. The number of hydrogen-bond donors (Lipinski definition) is 0. The molecule has 0 amide bonds. The number of epoxide rings is 6. The first kappa shape index (κ1) is 70.5. The number of rotatable bonds is 47. The van der Waals surface area contributed by atoms with Gasteiger partial charge in [0.15, 0.2) is 6.29 Å². The van der Waals surface area contributed by atoms with Crippen molar-refractivity contribution in [2.45, 2.75) is 271 Å². The van der Waals surface area contributed by atoms with Crippen LogP contribution in [-0.2, 0) is 61.6 Å². The van der Waals surface area contributed by atoms with Crippen LogP contribution in [-0.4, -0.2) is 162 Å². The van der Waals surface area contributed by atoms with Crippen LogP contribution in [0.4, 0.5) is 0 Å². The van der Waals surface area contributed by atoms with E-state index < -0.39 is 0 Å². The van der Waals surface area contributed by atoms with E-state index in [9.17, 15) is 0 Å². The summed E-state index contributed by atoms with van der Waals surface area (Å²) in [5.74, 6) is 0. The first-order valence-corrected chi connectivity index (χ1v) is 30.6. The largest absolute Gasteiger partial charge is 0.385 e. The zero-order valence-corrected chi connectivity index (χ0v) is 49.1. The van der Waals surface area contributed by atoms with Gasteiger partial charge in [0, 0.05) is 53.4 Å². The summed E-state index contributed by atoms with van der Waals surface area (Å²) in [5.41, 5.74) is 0.0706. The van der Waals surface area contributed by atoms with Crippen LogP contribution in [0.25, 0.3) is 0 Å². The molecule has 0 spiro atoms. The highest BCUT2D eigenvalue weighted by atomic mass is 16.8. The minimum absolute atomic E-state index is 0.0706. The van der Waals surface area contributed by atoms with Gasteiger partial charge in [-0.1, -0.05) is 169 Å². The summed E-state index contributed by atoms with van der Waals surface area (Å²) in [4.78, 5) is 0. The van der Waals surface area contributed by atoms with E-state index in [1.165, 1.54) is 173 Å². The molecule has 6 fully saturated rings. The summed E-state index contributed by atoms with van der Waals surface area (Å²) >= 11 is 0. The first-order valence-electron chi connectivity index (χ1n) is 30.6. The van der Waals surface area contributed by atoms with Gasteiger partial charge in [-0.05, 0) is 58.8 Å². The van der Waals surface area contributed by atoms with E-state index >= 15 is 0 Å². The second kappa shape index (κ2) is 53.5. The minimum atomic E-state index is 0.0706. The SMILES string of the molecule is CCCCCCCCCOCC1(C)CO1.CCCCCCCCOC1CO1.CCCCCCCOCC1CO1.CCCCCOCC1OC1C.CCCOCC1CO1.COCCCCCCCCOCC1CO1. The monoisotopic (exact) mass is 1050 g/mol. The Kier molecular flexibility index (Phi) is 51.6. The maximum absolute atomic E-state index is 5.56. The van der Waals surface area contributed by atoms with E-state index in [4.69, 9.17) is 61.6 Å². The molecule has 7 unspecified atom stereocenters. The van der Waals surface area contributed by atoms with Crippen LogP contribution in [0.3, 0.4) is 0 Å². The lowest BCUT2D eigenvalue weighted by atomic mass is 10.1. The number of hydrogen-bond acceptors (Lipinski definition) is 13. The number of ether oxygens (including phenoxy) is 13. The van der Waals surface area contributed by atoms with Gasteiger partial charge in [0.05, 0.1) is 65.6 Å². The maximum Gasteiger partial charge on any atom is 0.181 e. The van der Waals surface area contributed by atoms with Crippen molar-refractivity contribution in [1.82, 2.24) is 0 Å². The predicted octanol–water partition coefficient (Wildman–Crippen LogP) is 13.8. The Balaban J connectivity index is 0.000000442. The van der Waals surface area contributed by atoms with Crippen LogP contribution < -0.4 is 0 Å². The van der Waals surface area contributed by atoms with Gasteiger partial charge in [-0.2, -0.15) is 0 Å². The summed E-state index contributed by atoms with van der Waals surface area (Å²) in [7, 11) is 1.76. The van der Waals surface area contributed by atoms with Crippen molar-refractivity contribution < 1.29 is 61.6 Å². The predicted molar refractivity (Wildman–Crippen MR) is 297 cm³/mol. The van der Waals surface area contributed by atoms with Gasteiger partial charge in [0.25, 0.3) is 0 Å². The highest BCUT2D eigenvalue weighted by Gasteiger charge is 2.39. The highest BCUT2D eigenvalue weighted by Crippen LogP contribution is 2.26. The van der Waals surface area contributed by atoms with Crippen molar-refractivity contribution >= 4 is 0 Å². The fourth-order valence-corrected chi connectivity index (χ4v) is 7.19. The third-order valence-electron chi connectivity index (χ3n) is 12.8. The summed E-state index contributed by atoms with van der Waals surface area (Å²) in [6, 6.07) is 0. The van der Waals surface area contributed by atoms with Crippen LogP contribution in [0.2, 0.25) is 0 Å². The van der Waals surface area contributed by atoms with Crippen molar-refractivity contribution in [1.29, 1.82) is 0 Å². The fourth-order valence-electron chi connectivity index (χ4n) is 7.19. The molecule has 0 aromatic rings.